The molecule has 0 atom stereocenters. The fourth-order valence-electron chi connectivity index (χ4n) is 1.39. The number of nitrogens with zero attached hydrogens (tertiary/aromatic N) is 1. The van der Waals surface area contributed by atoms with Gasteiger partial charge in [0, 0.05) is 13.1 Å². The summed E-state index contributed by atoms with van der Waals surface area (Å²) in [5.74, 6) is -0.786. The molecule has 1 aromatic heterocycles. The molecule has 0 bridgehead atoms. The number of rotatable bonds is 7. The Labute approximate surface area is 114 Å². The monoisotopic (exact) mass is 287 g/mol. The van der Waals surface area contributed by atoms with Gasteiger partial charge in [-0.05, 0) is 11.4 Å². The predicted molar refractivity (Wildman–Crippen MR) is 70.5 cm³/mol. The Kier molecular flexibility index (Phi) is 7.04. The van der Waals surface area contributed by atoms with Gasteiger partial charge in [-0.15, -0.1) is 11.3 Å². The normalized spacial score (nSPS) is 10.5. The number of amides is 2. The first-order chi connectivity index (χ1) is 9.17. The molecule has 19 heavy (non-hydrogen) atoms. The van der Waals surface area contributed by atoms with Gasteiger partial charge in [0.2, 0.25) is 0 Å². The Balaban J connectivity index is 2.32. The van der Waals surface area contributed by atoms with Crippen molar-refractivity contribution in [1.29, 1.82) is 0 Å². The van der Waals surface area contributed by atoms with Gasteiger partial charge in [-0.2, -0.15) is 0 Å². The molecule has 0 radical (unpaired) electrons. The van der Waals surface area contributed by atoms with Gasteiger partial charge in [-0.3, -0.25) is 25.3 Å². The van der Waals surface area contributed by atoms with Gasteiger partial charge < -0.3 is 10.2 Å². The van der Waals surface area contributed by atoms with E-state index in [1.807, 2.05) is 0 Å². The zero-order valence-corrected chi connectivity index (χ0v) is 11.2. The van der Waals surface area contributed by atoms with E-state index in [1.54, 1.807) is 22.4 Å². The van der Waals surface area contributed by atoms with Crippen molar-refractivity contribution >= 4 is 23.2 Å². The number of hydrogen-bond acceptors (Lipinski definition) is 6. The summed E-state index contributed by atoms with van der Waals surface area (Å²) in [7, 11) is 0. The maximum Gasteiger partial charge on any atom is 0.279 e. The highest BCUT2D eigenvalue weighted by atomic mass is 32.1. The van der Waals surface area contributed by atoms with Crippen molar-refractivity contribution in [1.82, 2.24) is 15.8 Å². The van der Waals surface area contributed by atoms with Crippen LogP contribution in [-0.4, -0.2) is 59.8 Å². The van der Waals surface area contributed by atoms with E-state index >= 15 is 0 Å². The summed E-state index contributed by atoms with van der Waals surface area (Å²) in [6, 6.07) is 3.39. The lowest BCUT2D eigenvalue weighted by atomic mass is 10.4. The van der Waals surface area contributed by atoms with Crippen LogP contribution in [0.5, 0.6) is 0 Å². The quantitative estimate of drug-likeness (QED) is 0.472. The standard InChI is InChI=1S/C11H17N3O4S/c15-5-3-14(4-6-16)8-10(17)12-13-11(18)9-2-1-7-19-9/h1-2,7,15-16H,3-6,8H2,(H,12,17)(H,13,18). The highest BCUT2D eigenvalue weighted by Gasteiger charge is 2.11. The largest absolute Gasteiger partial charge is 0.395 e. The number of carbonyl (C=O) groups is 2. The van der Waals surface area contributed by atoms with Gasteiger partial charge in [-0.1, -0.05) is 6.07 Å². The van der Waals surface area contributed by atoms with E-state index in [0.29, 0.717) is 4.88 Å². The summed E-state index contributed by atoms with van der Waals surface area (Å²) in [4.78, 5) is 25.2. The van der Waals surface area contributed by atoms with Crippen molar-refractivity contribution in [2.45, 2.75) is 0 Å². The third-order valence-electron chi connectivity index (χ3n) is 2.26. The molecule has 4 N–H and O–H groups in total. The third-order valence-corrected chi connectivity index (χ3v) is 3.13. The molecule has 8 heteroatoms. The van der Waals surface area contributed by atoms with E-state index < -0.39 is 5.91 Å². The Bertz CT molecular complexity index is 391. The number of carbonyl (C=O) groups excluding carboxylic acids is 2. The van der Waals surface area contributed by atoms with Crippen LogP contribution >= 0.6 is 11.3 Å². The van der Waals surface area contributed by atoms with Crippen molar-refractivity contribution in [2.24, 2.45) is 0 Å². The molecular weight excluding hydrogens is 270 g/mol. The van der Waals surface area contributed by atoms with Crippen LogP contribution in [0.15, 0.2) is 17.5 Å². The summed E-state index contributed by atoms with van der Waals surface area (Å²) >= 11 is 1.27. The molecule has 1 heterocycles. The second-order valence-electron chi connectivity index (χ2n) is 3.70. The van der Waals surface area contributed by atoms with E-state index in [0.717, 1.165) is 0 Å². The molecule has 7 nitrogen and oxygen atoms in total. The molecule has 0 fully saturated rings. The molecule has 106 valence electrons. The Morgan fingerprint density at radius 3 is 2.42 bits per heavy atom. The van der Waals surface area contributed by atoms with E-state index in [9.17, 15) is 9.59 Å². The van der Waals surface area contributed by atoms with Gasteiger partial charge in [0.15, 0.2) is 0 Å². The summed E-state index contributed by atoms with van der Waals surface area (Å²) < 4.78 is 0. The number of aliphatic hydroxyl groups excluding tert-OH is 2. The molecule has 1 rings (SSSR count). The summed E-state index contributed by atoms with van der Waals surface area (Å²) in [5, 5.41) is 19.4. The Hall–Kier alpha value is -1.48. The first-order valence-corrected chi connectivity index (χ1v) is 6.62. The average Bonchev–Trinajstić information content (AvgIpc) is 2.90. The highest BCUT2D eigenvalue weighted by molar-refractivity contribution is 7.12. The maximum atomic E-state index is 11.5. The molecule has 2 amide bonds. The molecule has 0 aliphatic rings. The zero-order valence-electron chi connectivity index (χ0n) is 10.3. The lowest BCUT2D eigenvalue weighted by Crippen LogP contribution is -2.47. The molecule has 0 saturated carbocycles. The van der Waals surface area contributed by atoms with E-state index in [4.69, 9.17) is 10.2 Å². The maximum absolute atomic E-state index is 11.5. The molecule has 0 aliphatic carbocycles. The lowest BCUT2D eigenvalue weighted by molar-refractivity contribution is -0.123. The number of nitrogens with one attached hydrogen (secondary N) is 2. The van der Waals surface area contributed by atoms with Crippen molar-refractivity contribution < 1.29 is 19.8 Å². The SMILES string of the molecule is O=C(CN(CCO)CCO)NNC(=O)c1cccs1. The molecule has 0 unspecified atom stereocenters. The molecule has 1 aromatic rings. The van der Waals surface area contributed by atoms with Crippen LogP contribution < -0.4 is 10.9 Å². The number of hydrogen-bond donors (Lipinski definition) is 4. The van der Waals surface area contributed by atoms with Crippen LogP contribution in [0.3, 0.4) is 0 Å². The predicted octanol–water partition coefficient (Wildman–Crippen LogP) is -1.20. The van der Waals surface area contributed by atoms with Crippen molar-refractivity contribution in [2.75, 3.05) is 32.8 Å². The zero-order chi connectivity index (χ0) is 14.1. The minimum absolute atomic E-state index is 0.00809. The molecule has 0 spiro atoms. The van der Waals surface area contributed by atoms with Gasteiger partial charge in [0.25, 0.3) is 11.8 Å². The summed E-state index contributed by atoms with van der Waals surface area (Å²) in [5.41, 5.74) is 4.58. The fourth-order valence-corrected chi connectivity index (χ4v) is 2.01. The van der Waals surface area contributed by atoms with Crippen molar-refractivity contribution in [3.8, 4) is 0 Å². The fraction of sp³-hybridized carbons (Fsp3) is 0.455. The molecule has 0 saturated heterocycles. The van der Waals surface area contributed by atoms with Crippen LogP contribution in [0.2, 0.25) is 0 Å². The van der Waals surface area contributed by atoms with E-state index in [-0.39, 0.29) is 38.8 Å². The topological polar surface area (TPSA) is 102 Å². The Morgan fingerprint density at radius 2 is 1.89 bits per heavy atom. The van der Waals surface area contributed by atoms with Gasteiger partial charge in [0.1, 0.15) is 0 Å². The average molecular weight is 287 g/mol. The van der Waals surface area contributed by atoms with Gasteiger partial charge >= 0.3 is 0 Å². The third kappa shape index (κ3) is 5.79. The number of hydrazine groups is 1. The highest BCUT2D eigenvalue weighted by Crippen LogP contribution is 2.06. The number of thiophene rings is 1. The second kappa shape index (κ2) is 8.59. The summed E-state index contributed by atoms with van der Waals surface area (Å²) in [6.07, 6.45) is 0. The van der Waals surface area contributed by atoms with Crippen LogP contribution in [0.1, 0.15) is 9.67 Å². The van der Waals surface area contributed by atoms with Gasteiger partial charge in [0.05, 0.1) is 24.6 Å². The van der Waals surface area contributed by atoms with Crippen molar-refractivity contribution in [3.63, 3.8) is 0 Å². The van der Waals surface area contributed by atoms with Gasteiger partial charge in [-0.25, -0.2) is 0 Å². The second-order valence-corrected chi connectivity index (χ2v) is 4.65. The first kappa shape index (κ1) is 15.6. The van der Waals surface area contributed by atoms with Crippen LogP contribution in [-0.2, 0) is 4.79 Å². The minimum atomic E-state index is -0.410. The smallest absolute Gasteiger partial charge is 0.279 e. The Morgan fingerprint density at radius 1 is 1.21 bits per heavy atom. The summed E-state index contributed by atoms with van der Waals surface area (Å²) in [6.45, 7) is 0.356. The molecular formula is C11H17N3O4S. The molecule has 0 aliphatic heterocycles. The van der Waals surface area contributed by atoms with Crippen molar-refractivity contribution in [3.05, 3.63) is 22.4 Å². The van der Waals surface area contributed by atoms with Crippen LogP contribution in [0, 0.1) is 0 Å². The van der Waals surface area contributed by atoms with Crippen LogP contribution in [0.25, 0.3) is 0 Å². The lowest BCUT2D eigenvalue weighted by Gasteiger charge is -2.19. The molecule has 0 aromatic carbocycles. The number of aliphatic hydroxyl groups is 2. The van der Waals surface area contributed by atoms with Crippen LogP contribution in [0.4, 0.5) is 0 Å². The van der Waals surface area contributed by atoms with E-state index in [2.05, 4.69) is 10.9 Å². The van der Waals surface area contributed by atoms with E-state index in [1.165, 1.54) is 11.3 Å². The first-order valence-electron chi connectivity index (χ1n) is 5.74. The minimum Gasteiger partial charge on any atom is -0.395 e.